The molecule has 8 nitrogen and oxygen atoms in total. The fourth-order valence-electron chi connectivity index (χ4n) is 1.86. The summed E-state index contributed by atoms with van der Waals surface area (Å²) < 4.78 is 15.0. The maximum absolute atomic E-state index is 12.3. The number of nitrogens with one attached hydrogen (secondary N) is 1. The molecule has 128 valence electrons. The third-order valence-corrected chi connectivity index (χ3v) is 3.11. The number of benzene rings is 1. The van der Waals surface area contributed by atoms with Crippen LogP contribution in [0.4, 0.5) is 5.82 Å². The molecule has 25 heavy (non-hydrogen) atoms. The molecule has 0 aliphatic carbocycles. The van der Waals surface area contributed by atoms with Crippen LogP contribution in [0, 0.1) is 11.3 Å². The lowest BCUT2D eigenvalue weighted by molar-refractivity contribution is -0.112. The van der Waals surface area contributed by atoms with Crippen molar-refractivity contribution in [3.63, 3.8) is 0 Å². The first-order chi connectivity index (χ1) is 12.1. The highest BCUT2D eigenvalue weighted by atomic mass is 16.5. The lowest BCUT2D eigenvalue weighted by Gasteiger charge is -2.07. The van der Waals surface area contributed by atoms with E-state index in [1.54, 1.807) is 31.4 Å². The van der Waals surface area contributed by atoms with E-state index in [9.17, 15) is 10.1 Å². The topological polar surface area (TPSA) is 106 Å². The normalized spacial score (nSPS) is 10.6. The molecular weight excluding hydrogens is 324 g/mol. The highest BCUT2D eigenvalue weighted by Gasteiger charge is 2.13. The van der Waals surface area contributed by atoms with Crippen LogP contribution in [0.2, 0.25) is 0 Å². The van der Waals surface area contributed by atoms with E-state index in [1.165, 1.54) is 26.4 Å². The maximum atomic E-state index is 12.3. The minimum atomic E-state index is -0.610. The van der Waals surface area contributed by atoms with Gasteiger partial charge in [-0.05, 0) is 23.8 Å². The number of nitrogens with zero attached hydrogens (tertiary/aromatic N) is 3. The molecule has 0 saturated heterocycles. The van der Waals surface area contributed by atoms with Crippen molar-refractivity contribution >= 4 is 17.8 Å². The first-order valence-corrected chi connectivity index (χ1v) is 7.14. The van der Waals surface area contributed by atoms with Crippen molar-refractivity contribution < 1.29 is 19.0 Å². The zero-order chi connectivity index (χ0) is 18.2. The molecule has 2 aromatic rings. The van der Waals surface area contributed by atoms with Gasteiger partial charge in [-0.2, -0.15) is 15.2 Å². The number of amides is 1. The Balaban J connectivity index is 2.22. The van der Waals surface area contributed by atoms with E-state index in [0.29, 0.717) is 11.3 Å². The van der Waals surface area contributed by atoms with Crippen LogP contribution < -0.4 is 19.5 Å². The standard InChI is InChI=1S/C17H16N4O4/c1-23-13-6-4-11(5-7-13)8-12(10-18)16(22)19-14-9-15(24-2)21-17(20-14)25-3/h4-9H,1-3H3,(H,19,20,21,22)/b12-8+. The number of hydrogen-bond donors (Lipinski definition) is 1. The Hall–Kier alpha value is -3.60. The van der Waals surface area contributed by atoms with Crippen molar-refractivity contribution in [2.75, 3.05) is 26.6 Å². The number of hydrogen-bond acceptors (Lipinski definition) is 7. The SMILES string of the molecule is COc1ccc(/C=C(\C#N)C(=O)Nc2cc(OC)nc(OC)n2)cc1. The molecule has 1 aromatic heterocycles. The molecule has 1 aromatic carbocycles. The van der Waals surface area contributed by atoms with Crippen LogP contribution in [0.15, 0.2) is 35.9 Å². The van der Waals surface area contributed by atoms with Gasteiger partial charge in [-0.1, -0.05) is 12.1 Å². The second kappa shape index (κ2) is 8.31. The van der Waals surface area contributed by atoms with E-state index in [4.69, 9.17) is 14.2 Å². The molecule has 0 bridgehead atoms. The fraction of sp³-hybridized carbons (Fsp3) is 0.176. The Morgan fingerprint density at radius 1 is 1.12 bits per heavy atom. The monoisotopic (exact) mass is 340 g/mol. The van der Waals surface area contributed by atoms with Gasteiger partial charge in [0.15, 0.2) is 0 Å². The van der Waals surface area contributed by atoms with Crippen molar-refractivity contribution in [1.29, 1.82) is 5.26 Å². The quantitative estimate of drug-likeness (QED) is 0.633. The number of ether oxygens (including phenoxy) is 3. The summed E-state index contributed by atoms with van der Waals surface area (Å²) in [4.78, 5) is 20.2. The number of methoxy groups -OCH3 is 3. The lowest BCUT2D eigenvalue weighted by atomic mass is 10.1. The van der Waals surface area contributed by atoms with Gasteiger partial charge < -0.3 is 19.5 Å². The number of anilines is 1. The summed E-state index contributed by atoms with van der Waals surface area (Å²) in [7, 11) is 4.38. The predicted molar refractivity (Wildman–Crippen MR) is 90.3 cm³/mol. The van der Waals surface area contributed by atoms with Crippen molar-refractivity contribution in [3.8, 4) is 23.7 Å². The molecule has 0 spiro atoms. The average molecular weight is 340 g/mol. The highest BCUT2D eigenvalue weighted by molar-refractivity contribution is 6.09. The highest BCUT2D eigenvalue weighted by Crippen LogP contribution is 2.18. The molecule has 1 heterocycles. The first-order valence-electron chi connectivity index (χ1n) is 7.14. The molecule has 8 heteroatoms. The van der Waals surface area contributed by atoms with Crippen molar-refractivity contribution in [1.82, 2.24) is 9.97 Å². The van der Waals surface area contributed by atoms with Gasteiger partial charge in [-0.3, -0.25) is 4.79 Å². The fourth-order valence-corrected chi connectivity index (χ4v) is 1.86. The second-order valence-electron chi connectivity index (χ2n) is 4.68. The molecular formula is C17H16N4O4. The Labute approximate surface area is 144 Å². The summed E-state index contributed by atoms with van der Waals surface area (Å²) >= 11 is 0. The summed E-state index contributed by atoms with van der Waals surface area (Å²) in [6.07, 6.45) is 1.46. The van der Waals surface area contributed by atoms with Crippen molar-refractivity contribution in [2.24, 2.45) is 0 Å². The van der Waals surface area contributed by atoms with Gasteiger partial charge in [0.25, 0.3) is 5.91 Å². The Morgan fingerprint density at radius 2 is 1.84 bits per heavy atom. The summed E-state index contributed by atoms with van der Waals surface area (Å²) in [5.41, 5.74) is 0.604. The number of aromatic nitrogens is 2. The Bertz CT molecular complexity index is 803. The van der Waals surface area contributed by atoms with Gasteiger partial charge in [-0.15, -0.1) is 0 Å². The van der Waals surface area contributed by atoms with Crippen LogP contribution in [0.5, 0.6) is 17.6 Å². The largest absolute Gasteiger partial charge is 0.497 e. The molecule has 0 aliphatic rings. The van der Waals surface area contributed by atoms with E-state index in [0.717, 1.165) is 0 Å². The molecule has 1 N–H and O–H groups in total. The zero-order valence-corrected chi connectivity index (χ0v) is 13.9. The minimum absolute atomic E-state index is 0.0345. The second-order valence-corrected chi connectivity index (χ2v) is 4.68. The van der Waals surface area contributed by atoms with Gasteiger partial charge in [0, 0.05) is 6.07 Å². The van der Waals surface area contributed by atoms with Crippen LogP contribution >= 0.6 is 0 Å². The molecule has 0 unspecified atom stereocenters. The van der Waals surface area contributed by atoms with Gasteiger partial charge in [0.1, 0.15) is 23.2 Å². The summed E-state index contributed by atoms with van der Waals surface area (Å²) in [5, 5.41) is 11.8. The Morgan fingerprint density at radius 3 is 2.40 bits per heavy atom. The summed E-state index contributed by atoms with van der Waals surface area (Å²) in [5.74, 6) is 0.450. The predicted octanol–water partition coefficient (Wildman–Crippen LogP) is 2.05. The number of carbonyl (C=O) groups is 1. The van der Waals surface area contributed by atoms with Gasteiger partial charge in [0.2, 0.25) is 5.88 Å². The lowest BCUT2D eigenvalue weighted by Crippen LogP contribution is -2.15. The molecule has 2 rings (SSSR count). The molecule has 0 atom stereocenters. The molecule has 0 radical (unpaired) electrons. The molecule has 0 fully saturated rings. The summed E-state index contributed by atoms with van der Waals surface area (Å²) in [6.45, 7) is 0. The van der Waals surface area contributed by atoms with Crippen LogP contribution in [0.1, 0.15) is 5.56 Å². The van der Waals surface area contributed by atoms with Gasteiger partial charge in [0.05, 0.1) is 21.3 Å². The minimum Gasteiger partial charge on any atom is -0.497 e. The number of carbonyl (C=O) groups excluding carboxylic acids is 1. The van der Waals surface area contributed by atoms with E-state index < -0.39 is 5.91 Å². The van der Waals surface area contributed by atoms with E-state index in [-0.39, 0.29) is 23.3 Å². The maximum Gasteiger partial charge on any atom is 0.321 e. The van der Waals surface area contributed by atoms with Gasteiger partial charge >= 0.3 is 6.01 Å². The van der Waals surface area contributed by atoms with E-state index in [1.807, 2.05) is 6.07 Å². The number of rotatable bonds is 6. The van der Waals surface area contributed by atoms with Crippen LogP contribution in [0.3, 0.4) is 0 Å². The molecule has 0 saturated carbocycles. The zero-order valence-electron chi connectivity index (χ0n) is 13.9. The smallest absolute Gasteiger partial charge is 0.321 e. The number of nitriles is 1. The van der Waals surface area contributed by atoms with Gasteiger partial charge in [-0.25, -0.2) is 0 Å². The Kier molecular flexibility index (Phi) is 5.90. The van der Waals surface area contributed by atoms with Crippen LogP contribution in [-0.4, -0.2) is 37.2 Å². The van der Waals surface area contributed by atoms with Crippen LogP contribution in [0.25, 0.3) is 6.08 Å². The van der Waals surface area contributed by atoms with E-state index in [2.05, 4.69) is 15.3 Å². The molecule has 0 aliphatic heterocycles. The first kappa shape index (κ1) is 17.7. The summed E-state index contributed by atoms with van der Waals surface area (Å²) in [6, 6.07) is 10.3. The van der Waals surface area contributed by atoms with Crippen molar-refractivity contribution in [3.05, 3.63) is 41.5 Å². The molecule has 1 amide bonds. The van der Waals surface area contributed by atoms with Crippen LogP contribution in [-0.2, 0) is 4.79 Å². The third-order valence-electron chi connectivity index (χ3n) is 3.11. The van der Waals surface area contributed by atoms with Crippen molar-refractivity contribution in [2.45, 2.75) is 0 Å². The third kappa shape index (κ3) is 4.68. The average Bonchev–Trinajstić information content (AvgIpc) is 2.65. The van der Waals surface area contributed by atoms with E-state index >= 15 is 0 Å².